The van der Waals surface area contributed by atoms with Crippen molar-refractivity contribution in [1.29, 1.82) is 0 Å². The second kappa shape index (κ2) is 7.37. The van der Waals surface area contributed by atoms with Crippen molar-refractivity contribution in [2.75, 3.05) is 18.4 Å². The summed E-state index contributed by atoms with van der Waals surface area (Å²) < 4.78 is 0. The van der Waals surface area contributed by atoms with Crippen molar-refractivity contribution in [1.82, 2.24) is 4.90 Å². The van der Waals surface area contributed by atoms with Crippen LogP contribution in [0, 0.1) is 0 Å². The van der Waals surface area contributed by atoms with Gasteiger partial charge in [-0.1, -0.05) is 38.3 Å². The normalized spacial score (nSPS) is 20.0. The molecule has 24 heavy (non-hydrogen) atoms. The number of nitrogens with zero attached hydrogens (tertiary/aromatic N) is 1. The molecule has 0 aromatic heterocycles. The topological polar surface area (TPSA) is 49.4 Å². The molecule has 0 atom stereocenters. The van der Waals surface area contributed by atoms with E-state index in [0.717, 1.165) is 56.4 Å². The van der Waals surface area contributed by atoms with Crippen molar-refractivity contribution in [3.63, 3.8) is 0 Å². The first kappa shape index (κ1) is 17.0. The maximum atomic E-state index is 13.2. The molecule has 1 aromatic rings. The van der Waals surface area contributed by atoms with Gasteiger partial charge in [0, 0.05) is 25.2 Å². The summed E-state index contributed by atoms with van der Waals surface area (Å²) in [7, 11) is 0. The van der Waals surface area contributed by atoms with E-state index >= 15 is 0 Å². The molecule has 0 radical (unpaired) electrons. The second-order valence-electron chi connectivity index (χ2n) is 7.12. The van der Waals surface area contributed by atoms with E-state index in [2.05, 4.69) is 10.2 Å². The summed E-state index contributed by atoms with van der Waals surface area (Å²) in [4.78, 5) is 26.8. The van der Waals surface area contributed by atoms with Crippen molar-refractivity contribution in [2.24, 2.45) is 0 Å². The van der Waals surface area contributed by atoms with Gasteiger partial charge in [0.1, 0.15) is 0 Å². The van der Waals surface area contributed by atoms with E-state index in [1.54, 1.807) is 0 Å². The highest BCUT2D eigenvalue weighted by molar-refractivity contribution is 5.91. The van der Waals surface area contributed by atoms with Crippen LogP contribution in [0.25, 0.3) is 0 Å². The van der Waals surface area contributed by atoms with Crippen LogP contribution in [0.5, 0.6) is 0 Å². The molecule has 2 aliphatic rings. The van der Waals surface area contributed by atoms with Gasteiger partial charge in [0.25, 0.3) is 0 Å². The van der Waals surface area contributed by atoms with Gasteiger partial charge in [-0.15, -0.1) is 0 Å². The molecule has 1 aromatic carbocycles. The number of hydrogen-bond donors (Lipinski definition) is 1. The summed E-state index contributed by atoms with van der Waals surface area (Å²) in [5, 5.41) is 2.87. The first-order valence-electron chi connectivity index (χ1n) is 9.35. The van der Waals surface area contributed by atoms with Gasteiger partial charge in [-0.05, 0) is 43.4 Å². The minimum absolute atomic E-state index is 0.0155. The van der Waals surface area contributed by atoms with Crippen LogP contribution in [0.4, 0.5) is 5.69 Å². The number of carbonyl (C=O) groups excluding carboxylic acids is 2. The van der Waals surface area contributed by atoms with Crippen molar-refractivity contribution >= 4 is 17.5 Å². The molecule has 0 spiro atoms. The summed E-state index contributed by atoms with van der Waals surface area (Å²) in [6.07, 6.45) is 8.22. The Morgan fingerprint density at radius 3 is 2.12 bits per heavy atom. The molecule has 4 heteroatoms. The van der Waals surface area contributed by atoms with Gasteiger partial charge in [-0.25, -0.2) is 0 Å². The van der Waals surface area contributed by atoms with Crippen LogP contribution in [0.15, 0.2) is 24.3 Å². The molecular weight excluding hydrogens is 300 g/mol. The SMILES string of the molecule is CCC(=O)Nc1ccc(C2(C(=O)N3CCCCCC3)CCC2)cc1. The number of likely N-dealkylation sites (tertiary alicyclic amines) is 1. The van der Waals surface area contributed by atoms with Crippen LogP contribution in [0.2, 0.25) is 0 Å². The Labute approximate surface area is 144 Å². The Morgan fingerprint density at radius 1 is 1.00 bits per heavy atom. The zero-order valence-electron chi connectivity index (χ0n) is 14.6. The fourth-order valence-corrected chi connectivity index (χ4v) is 3.85. The maximum Gasteiger partial charge on any atom is 0.233 e. The third-order valence-electron chi connectivity index (χ3n) is 5.55. The minimum Gasteiger partial charge on any atom is -0.342 e. The van der Waals surface area contributed by atoms with Crippen molar-refractivity contribution < 1.29 is 9.59 Å². The number of carbonyl (C=O) groups is 2. The molecule has 0 bridgehead atoms. The van der Waals surface area contributed by atoms with E-state index in [-0.39, 0.29) is 11.3 Å². The molecule has 1 saturated heterocycles. The third kappa shape index (κ3) is 3.33. The number of hydrogen-bond acceptors (Lipinski definition) is 2. The van der Waals surface area contributed by atoms with Gasteiger partial charge in [0.15, 0.2) is 0 Å². The molecule has 4 nitrogen and oxygen atoms in total. The number of nitrogens with one attached hydrogen (secondary N) is 1. The van der Waals surface area contributed by atoms with Crippen LogP contribution in [-0.2, 0) is 15.0 Å². The van der Waals surface area contributed by atoms with Crippen LogP contribution < -0.4 is 5.32 Å². The Bertz CT molecular complexity index is 582. The van der Waals surface area contributed by atoms with E-state index < -0.39 is 0 Å². The lowest BCUT2D eigenvalue weighted by molar-refractivity contribution is -0.140. The van der Waals surface area contributed by atoms with Crippen molar-refractivity contribution in [2.45, 2.75) is 63.7 Å². The number of amides is 2. The zero-order chi connectivity index (χ0) is 17.0. The van der Waals surface area contributed by atoms with E-state index in [9.17, 15) is 9.59 Å². The van der Waals surface area contributed by atoms with Crippen LogP contribution in [-0.4, -0.2) is 29.8 Å². The van der Waals surface area contributed by atoms with E-state index in [0.29, 0.717) is 12.3 Å². The van der Waals surface area contributed by atoms with E-state index in [4.69, 9.17) is 0 Å². The van der Waals surface area contributed by atoms with E-state index in [1.807, 2.05) is 31.2 Å². The van der Waals surface area contributed by atoms with Gasteiger partial charge < -0.3 is 10.2 Å². The average molecular weight is 328 g/mol. The highest BCUT2D eigenvalue weighted by Crippen LogP contribution is 2.45. The Morgan fingerprint density at radius 2 is 1.62 bits per heavy atom. The lowest BCUT2D eigenvalue weighted by atomic mass is 9.63. The molecule has 2 fully saturated rings. The number of rotatable bonds is 4. The molecule has 1 saturated carbocycles. The maximum absolute atomic E-state index is 13.2. The molecule has 1 heterocycles. The summed E-state index contributed by atoms with van der Waals surface area (Å²) in [5.41, 5.74) is 1.59. The third-order valence-corrected chi connectivity index (χ3v) is 5.55. The summed E-state index contributed by atoms with van der Waals surface area (Å²) in [6.45, 7) is 3.66. The van der Waals surface area contributed by atoms with Gasteiger partial charge in [-0.2, -0.15) is 0 Å². The lowest BCUT2D eigenvalue weighted by Crippen LogP contribution is -2.51. The molecular formula is C20H28N2O2. The monoisotopic (exact) mass is 328 g/mol. The zero-order valence-corrected chi connectivity index (χ0v) is 14.6. The predicted octanol–water partition coefficient (Wildman–Crippen LogP) is 3.86. The quantitative estimate of drug-likeness (QED) is 0.912. The number of benzene rings is 1. The fraction of sp³-hybridized carbons (Fsp3) is 0.600. The Kier molecular flexibility index (Phi) is 5.22. The van der Waals surface area contributed by atoms with Crippen LogP contribution >= 0.6 is 0 Å². The predicted molar refractivity (Wildman–Crippen MR) is 95.9 cm³/mol. The summed E-state index contributed by atoms with van der Waals surface area (Å²) >= 11 is 0. The first-order valence-corrected chi connectivity index (χ1v) is 9.35. The second-order valence-corrected chi connectivity index (χ2v) is 7.12. The fourth-order valence-electron chi connectivity index (χ4n) is 3.85. The smallest absolute Gasteiger partial charge is 0.233 e. The summed E-state index contributed by atoms with van der Waals surface area (Å²) in [6, 6.07) is 7.91. The van der Waals surface area contributed by atoms with Crippen molar-refractivity contribution in [3.8, 4) is 0 Å². The Balaban J connectivity index is 1.76. The lowest BCUT2D eigenvalue weighted by Gasteiger charge is -2.44. The molecule has 3 rings (SSSR count). The highest BCUT2D eigenvalue weighted by Gasteiger charge is 2.47. The molecule has 0 unspecified atom stereocenters. The van der Waals surface area contributed by atoms with Crippen molar-refractivity contribution in [3.05, 3.63) is 29.8 Å². The molecule has 1 aliphatic heterocycles. The molecule has 1 N–H and O–H groups in total. The largest absolute Gasteiger partial charge is 0.342 e. The number of anilines is 1. The molecule has 130 valence electrons. The first-order chi connectivity index (χ1) is 11.7. The van der Waals surface area contributed by atoms with Crippen LogP contribution in [0.3, 0.4) is 0 Å². The molecule has 1 aliphatic carbocycles. The van der Waals surface area contributed by atoms with Gasteiger partial charge in [0.2, 0.25) is 11.8 Å². The van der Waals surface area contributed by atoms with Gasteiger partial charge >= 0.3 is 0 Å². The highest BCUT2D eigenvalue weighted by atomic mass is 16.2. The van der Waals surface area contributed by atoms with Gasteiger partial charge in [0.05, 0.1) is 5.41 Å². The van der Waals surface area contributed by atoms with Crippen LogP contribution in [0.1, 0.15) is 63.9 Å². The van der Waals surface area contributed by atoms with Gasteiger partial charge in [-0.3, -0.25) is 9.59 Å². The standard InChI is InChI=1S/C20H28N2O2/c1-2-18(23)21-17-10-8-16(9-11-17)20(12-7-13-20)19(24)22-14-5-3-4-6-15-22/h8-11H,2-7,12-15H2,1H3,(H,21,23). The summed E-state index contributed by atoms with van der Waals surface area (Å²) in [5.74, 6) is 0.336. The molecule has 2 amide bonds. The Hall–Kier alpha value is -1.84. The van der Waals surface area contributed by atoms with E-state index in [1.165, 1.54) is 12.8 Å². The minimum atomic E-state index is -0.322. The average Bonchev–Trinajstić information content (AvgIpc) is 2.84.